The SMILES string of the molecule is CCOC(=O)/C(NC(=O)c1ccc(F)cc1)=C(\[O-])OCC. The fourth-order valence-corrected chi connectivity index (χ4v) is 1.38. The fourth-order valence-electron chi connectivity index (χ4n) is 1.38. The van der Waals surface area contributed by atoms with Gasteiger partial charge in [-0.2, -0.15) is 0 Å². The number of amides is 1. The smallest absolute Gasteiger partial charge is 0.356 e. The third-order valence-corrected chi connectivity index (χ3v) is 2.30. The lowest BCUT2D eigenvalue weighted by molar-refractivity contribution is -0.358. The van der Waals surface area contributed by atoms with Crippen molar-refractivity contribution < 1.29 is 28.6 Å². The number of esters is 1. The maximum Gasteiger partial charge on any atom is 0.356 e. The summed E-state index contributed by atoms with van der Waals surface area (Å²) in [5.41, 5.74) is -0.532. The van der Waals surface area contributed by atoms with Crippen LogP contribution in [0.2, 0.25) is 0 Å². The third-order valence-electron chi connectivity index (χ3n) is 2.30. The Hall–Kier alpha value is -2.57. The second-order valence-electron chi connectivity index (χ2n) is 3.78. The molecular weight excluding hydrogens is 281 g/mol. The van der Waals surface area contributed by atoms with Gasteiger partial charge in [-0.1, -0.05) is 6.92 Å². The molecule has 0 fully saturated rings. The maximum atomic E-state index is 12.8. The zero-order valence-corrected chi connectivity index (χ0v) is 11.6. The van der Waals surface area contributed by atoms with Crippen molar-refractivity contribution >= 4 is 11.9 Å². The number of hydrogen-bond donors (Lipinski definition) is 1. The molecule has 1 N–H and O–H groups in total. The van der Waals surface area contributed by atoms with Crippen molar-refractivity contribution in [3.05, 3.63) is 47.3 Å². The van der Waals surface area contributed by atoms with E-state index in [1.807, 2.05) is 0 Å². The number of ether oxygens (including phenoxy) is 2. The van der Waals surface area contributed by atoms with E-state index in [9.17, 15) is 19.1 Å². The lowest BCUT2D eigenvalue weighted by Crippen LogP contribution is -2.33. The molecule has 0 saturated heterocycles. The van der Waals surface area contributed by atoms with Crippen LogP contribution in [0.1, 0.15) is 24.2 Å². The molecule has 0 aliphatic rings. The molecule has 21 heavy (non-hydrogen) atoms. The second-order valence-corrected chi connectivity index (χ2v) is 3.78. The summed E-state index contributed by atoms with van der Waals surface area (Å²) >= 11 is 0. The Morgan fingerprint density at radius 2 is 1.71 bits per heavy atom. The fraction of sp³-hybridized carbons (Fsp3) is 0.286. The van der Waals surface area contributed by atoms with Crippen molar-refractivity contribution in [2.24, 2.45) is 0 Å². The number of hydrogen-bond acceptors (Lipinski definition) is 5. The molecule has 0 radical (unpaired) electrons. The predicted molar refractivity (Wildman–Crippen MR) is 69.2 cm³/mol. The highest BCUT2D eigenvalue weighted by molar-refractivity contribution is 6.01. The number of carbonyl (C=O) groups excluding carboxylic acids is 2. The van der Waals surface area contributed by atoms with E-state index in [2.05, 4.69) is 14.8 Å². The van der Waals surface area contributed by atoms with Gasteiger partial charge in [0.25, 0.3) is 5.91 Å². The van der Waals surface area contributed by atoms with E-state index < -0.39 is 29.3 Å². The maximum absolute atomic E-state index is 12.8. The van der Waals surface area contributed by atoms with E-state index in [0.29, 0.717) is 0 Å². The summed E-state index contributed by atoms with van der Waals surface area (Å²) in [6.45, 7) is 3.19. The summed E-state index contributed by atoms with van der Waals surface area (Å²) in [6.07, 6.45) is 0. The molecule has 1 aromatic rings. The Balaban J connectivity index is 2.95. The normalized spacial score (nSPS) is 11.4. The zero-order valence-electron chi connectivity index (χ0n) is 11.6. The van der Waals surface area contributed by atoms with Gasteiger partial charge in [0.1, 0.15) is 11.5 Å². The van der Waals surface area contributed by atoms with Gasteiger partial charge in [-0.3, -0.25) is 4.79 Å². The highest BCUT2D eigenvalue weighted by Gasteiger charge is 2.17. The number of benzene rings is 1. The molecule has 7 heteroatoms. The molecule has 6 nitrogen and oxygen atoms in total. The lowest BCUT2D eigenvalue weighted by atomic mass is 10.2. The van der Waals surface area contributed by atoms with Crippen molar-refractivity contribution in [1.29, 1.82) is 0 Å². The molecule has 1 amide bonds. The van der Waals surface area contributed by atoms with E-state index in [4.69, 9.17) is 0 Å². The van der Waals surface area contributed by atoms with Gasteiger partial charge in [-0.25, -0.2) is 9.18 Å². The van der Waals surface area contributed by atoms with Crippen LogP contribution in [-0.4, -0.2) is 25.1 Å². The number of halogens is 1. The van der Waals surface area contributed by atoms with E-state index in [1.165, 1.54) is 12.1 Å². The van der Waals surface area contributed by atoms with Gasteiger partial charge in [0.15, 0.2) is 0 Å². The number of rotatable bonds is 6. The molecule has 0 bridgehead atoms. The summed E-state index contributed by atoms with van der Waals surface area (Å²) in [5, 5.41) is 13.8. The van der Waals surface area contributed by atoms with Gasteiger partial charge in [0.2, 0.25) is 0 Å². The Kier molecular flexibility index (Phi) is 6.19. The van der Waals surface area contributed by atoms with Gasteiger partial charge in [-0.15, -0.1) is 0 Å². The molecule has 0 heterocycles. The van der Waals surface area contributed by atoms with Crippen molar-refractivity contribution in [2.75, 3.05) is 13.2 Å². The van der Waals surface area contributed by atoms with Crippen LogP contribution in [0.25, 0.3) is 0 Å². The van der Waals surface area contributed by atoms with Crippen LogP contribution >= 0.6 is 0 Å². The topological polar surface area (TPSA) is 87.7 Å². The minimum Gasteiger partial charge on any atom is -0.612 e. The minimum absolute atomic E-state index is 0.0359. The third kappa shape index (κ3) is 4.79. The Morgan fingerprint density at radius 1 is 1.14 bits per heavy atom. The molecule has 114 valence electrons. The van der Waals surface area contributed by atoms with E-state index in [0.717, 1.165) is 12.1 Å². The van der Waals surface area contributed by atoms with E-state index in [1.54, 1.807) is 13.8 Å². The van der Waals surface area contributed by atoms with Crippen LogP contribution in [-0.2, 0) is 14.3 Å². The van der Waals surface area contributed by atoms with Gasteiger partial charge < -0.3 is 19.9 Å². The average Bonchev–Trinajstić information content (AvgIpc) is 2.45. The van der Waals surface area contributed by atoms with Gasteiger partial charge in [0.05, 0.1) is 12.6 Å². The monoisotopic (exact) mass is 296 g/mol. The summed E-state index contributed by atoms with van der Waals surface area (Å²) in [5.74, 6) is -3.24. The predicted octanol–water partition coefficient (Wildman–Crippen LogP) is 0.684. The molecule has 0 atom stereocenters. The van der Waals surface area contributed by atoms with Gasteiger partial charge in [0, 0.05) is 5.56 Å². The Labute approximate surface area is 121 Å². The number of nitrogens with one attached hydrogen (secondary N) is 1. The summed E-state index contributed by atoms with van der Waals surface area (Å²) < 4.78 is 22.1. The molecule has 0 aromatic heterocycles. The largest absolute Gasteiger partial charge is 0.612 e. The molecule has 1 aromatic carbocycles. The summed E-state index contributed by atoms with van der Waals surface area (Å²) in [4.78, 5) is 23.6. The molecule has 0 saturated carbocycles. The van der Waals surface area contributed by atoms with Crippen LogP contribution in [0.4, 0.5) is 4.39 Å². The van der Waals surface area contributed by atoms with Crippen LogP contribution in [0.15, 0.2) is 35.9 Å². The highest BCUT2D eigenvalue weighted by Crippen LogP contribution is 2.06. The molecule has 0 aliphatic carbocycles. The zero-order chi connectivity index (χ0) is 15.8. The molecule has 0 spiro atoms. The van der Waals surface area contributed by atoms with E-state index in [-0.39, 0.29) is 18.8 Å². The average molecular weight is 296 g/mol. The van der Waals surface area contributed by atoms with Crippen molar-refractivity contribution in [3.8, 4) is 0 Å². The molecule has 1 rings (SSSR count). The molecular formula is C14H15FNO5-. The van der Waals surface area contributed by atoms with Crippen molar-refractivity contribution in [1.82, 2.24) is 5.32 Å². The van der Waals surface area contributed by atoms with Crippen LogP contribution in [0, 0.1) is 5.82 Å². The Morgan fingerprint density at radius 3 is 2.24 bits per heavy atom. The van der Waals surface area contributed by atoms with Gasteiger partial charge in [-0.05, 0) is 37.8 Å². The first-order valence-electron chi connectivity index (χ1n) is 6.27. The summed E-state index contributed by atoms with van der Waals surface area (Å²) in [7, 11) is 0. The summed E-state index contributed by atoms with van der Waals surface area (Å²) in [6, 6.07) is 4.61. The first-order chi connectivity index (χ1) is 9.99. The van der Waals surface area contributed by atoms with E-state index >= 15 is 0 Å². The number of carbonyl (C=O) groups is 2. The van der Waals surface area contributed by atoms with Crippen molar-refractivity contribution in [3.63, 3.8) is 0 Å². The quantitative estimate of drug-likeness (QED) is 0.474. The Bertz CT molecular complexity index is 539. The first-order valence-corrected chi connectivity index (χ1v) is 6.27. The van der Waals surface area contributed by atoms with Crippen LogP contribution in [0.3, 0.4) is 0 Å². The van der Waals surface area contributed by atoms with Crippen LogP contribution < -0.4 is 10.4 Å². The second kappa shape index (κ2) is 7.88. The molecule has 0 aliphatic heterocycles. The minimum atomic E-state index is -0.994. The standard InChI is InChI=1S/C14H16FNO5/c1-3-20-13(18)11(14(19)21-4-2)16-12(17)9-5-7-10(15)8-6-9/h5-8,18H,3-4H2,1-2H3,(H,16,17)/p-1/b13-11-. The van der Waals surface area contributed by atoms with Crippen molar-refractivity contribution in [2.45, 2.75) is 13.8 Å². The highest BCUT2D eigenvalue weighted by atomic mass is 19.1. The lowest BCUT2D eigenvalue weighted by Gasteiger charge is -2.18. The van der Waals surface area contributed by atoms with Gasteiger partial charge >= 0.3 is 5.97 Å². The van der Waals surface area contributed by atoms with Crippen LogP contribution in [0.5, 0.6) is 0 Å². The molecule has 0 unspecified atom stereocenters. The first kappa shape index (κ1) is 16.5.